The van der Waals surface area contributed by atoms with Crippen molar-refractivity contribution in [2.75, 3.05) is 26.2 Å². The lowest BCUT2D eigenvalue weighted by Crippen LogP contribution is -2.37. The highest BCUT2D eigenvalue weighted by Gasteiger charge is 2.38. The molecule has 2 aliphatic rings. The topological polar surface area (TPSA) is 101 Å². The molecule has 4 aromatic carbocycles. The van der Waals surface area contributed by atoms with Crippen LogP contribution >= 0.6 is 22.9 Å². The van der Waals surface area contributed by atoms with Crippen LogP contribution in [0.5, 0.6) is 0 Å². The van der Waals surface area contributed by atoms with Gasteiger partial charge in [0.1, 0.15) is 11.6 Å². The van der Waals surface area contributed by atoms with Crippen molar-refractivity contribution in [1.29, 1.82) is 0 Å². The number of halogens is 1. The van der Waals surface area contributed by atoms with Crippen molar-refractivity contribution in [3.8, 4) is 33.6 Å². The highest BCUT2D eigenvalue weighted by molar-refractivity contribution is 14.1. The predicted octanol–water partition coefficient (Wildman–Crippen LogP) is 9.06. The van der Waals surface area contributed by atoms with Crippen LogP contribution in [-0.4, -0.2) is 70.8 Å². The second-order valence-electron chi connectivity index (χ2n) is 15.1. The fourth-order valence-electron chi connectivity index (χ4n) is 8.07. The number of carbonyl (C=O) groups is 2. The lowest BCUT2D eigenvalue weighted by molar-refractivity contribution is -0.136. The molecule has 2 saturated heterocycles. The van der Waals surface area contributed by atoms with E-state index in [-0.39, 0.29) is 23.8 Å². The molecule has 2 fully saturated rings. The monoisotopic (exact) mass is 857 g/mol. The van der Waals surface area contributed by atoms with Crippen molar-refractivity contribution < 1.29 is 9.59 Å². The van der Waals surface area contributed by atoms with Gasteiger partial charge in [0, 0.05) is 32.6 Å². The van der Waals surface area contributed by atoms with E-state index in [2.05, 4.69) is 120 Å². The minimum absolute atomic E-state index is 0.00260. The van der Waals surface area contributed by atoms with Gasteiger partial charge in [0.25, 0.3) is 0 Å². The van der Waals surface area contributed by atoms with E-state index in [0.717, 1.165) is 122 Å². The number of hydrogen-bond donors (Lipinski definition) is 2. The number of imidazole rings is 2. The van der Waals surface area contributed by atoms with Crippen molar-refractivity contribution in [3.63, 3.8) is 0 Å². The largest absolute Gasteiger partial charge is 0.342 e. The van der Waals surface area contributed by atoms with Gasteiger partial charge in [-0.1, -0.05) is 109 Å². The number of unbranched alkanes of at least 4 members (excludes halogenated alkanes) is 1. The summed E-state index contributed by atoms with van der Waals surface area (Å²) in [6.45, 7) is 4.19. The number of rotatable bonds is 14. The molecular weight excluding hydrogens is 809 g/mol. The van der Waals surface area contributed by atoms with Crippen LogP contribution in [0.3, 0.4) is 0 Å². The van der Waals surface area contributed by atoms with Crippen LogP contribution in [-0.2, 0) is 29.0 Å². The molecule has 0 radical (unpaired) electrons. The molecule has 0 spiro atoms. The number of amides is 2. The number of aryl methyl sites for hydroxylation is 1. The van der Waals surface area contributed by atoms with Gasteiger partial charge in [-0.2, -0.15) is 0 Å². The summed E-state index contributed by atoms with van der Waals surface area (Å²) in [4.78, 5) is 47.3. The molecule has 4 heterocycles. The maximum Gasteiger partial charge on any atom is 0.235 e. The Labute approximate surface area is 343 Å². The first-order valence-corrected chi connectivity index (χ1v) is 20.8. The maximum absolute atomic E-state index is 13.7. The number of nitrogens with zero attached hydrogens (tertiary/aromatic N) is 5. The molecule has 2 N–H and O–H groups in total. The number of aromatic nitrogens is 4. The van der Waals surface area contributed by atoms with E-state index >= 15 is 0 Å². The summed E-state index contributed by atoms with van der Waals surface area (Å²) >= 11 is 2.13. The fourth-order valence-corrected chi connectivity index (χ4v) is 8.58. The molecule has 0 unspecified atom stereocenters. The van der Waals surface area contributed by atoms with Crippen molar-refractivity contribution in [3.05, 3.63) is 144 Å². The molecule has 2 atom stereocenters. The van der Waals surface area contributed by atoms with E-state index in [0.29, 0.717) is 6.42 Å². The first-order valence-electron chi connectivity index (χ1n) is 19.8. The summed E-state index contributed by atoms with van der Waals surface area (Å²) in [6.07, 6.45) is 9.80. The van der Waals surface area contributed by atoms with E-state index in [9.17, 15) is 9.59 Å². The van der Waals surface area contributed by atoms with Gasteiger partial charge in [-0.25, -0.2) is 9.97 Å². The third-order valence-corrected chi connectivity index (χ3v) is 12.2. The van der Waals surface area contributed by atoms with Crippen LogP contribution in [0.1, 0.15) is 60.9 Å². The number of hydrogen-bond acceptors (Lipinski definition) is 5. The Morgan fingerprint density at radius 3 is 2.04 bits per heavy atom. The van der Waals surface area contributed by atoms with Crippen molar-refractivity contribution in [2.24, 2.45) is 5.92 Å². The standard InChI is InChI=1S/C46H48IN7O2/c47-54(44(55)28-33-10-3-1-4-11-33)26-8-7-15-43-48-29-40(50-43)37-20-16-35(17-21-37)36-18-22-38(23-19-36)41-30-49-45(51-41)42-14-9-25-53(42)46(56)39-24-27-52(32-39)31-34-12-5-2-6-13-34/h1-6,10-13,16-23,29-30,39,42H,7-9,14-15,24-28,31-32H2,(H,48,50)(H,49,51)/t39-,42-/m0/s1. The average Bonchev–Trinajstić information content (AvgIpc) is 4.08. The zero-order chi connectivity index (χ0) is 38.3. The van der Waals surface area contributed by atoms with Crippen LogP contribution in [0.15, 0.2) is 122 Å². The Hall–Kier alpha value is -5.07. The summed E-state index contributed by atoms with van der Waals surface area (Å²) in [5, 5.41) is 0. The van der Waals surface area contributed by atoms with E-state index in [1.54, 1.807) is 3.11 Å². The molecule has 0 bridgehead atoms. The summed E-state index contributed by atoms with van der Waals surface area (Å²) in [5.74, 6) is 2.29. The van der Waals surface area contributed by atoms with Gasteiger partial charge in [-0.05, 0) is 72.0 Å². The van der Waals surface area contributed by atoms with Crippen molar-refractivity contribution >= 4 is 34.7 Å². The number of H-pyrrole nitrogens is 2. The Kier molecular flexibility index (Phi) is 12.0. The molecule has 8 rings (SSSR count). The minimum Gasteiger partial charge on any atom is -0.342 e. The molecule has 56 heavy (non-hydrogen) atoms. The first kappa shape index (κ1) is 37.8. The summed E-state index contributed by atoms with van der Waals surface area (Å²) in [6, 6.07) is 37.6. The molecule has 2 aromatic heterocycles. The quantitative estimate of drug-likeness (QED) is 0.0647. The average molecular weight is 858 g/mol. The van der Waals surface area contributed by atoms with Gasteiger partial charge in [-0.3, -0.25) is 17.6 Å². The van der Waals surface area contributed by atoms with Gasteiger partial charge in [-0.15, -0.1) is 0 Å². The Balaban J connectivity index is 0.817. The van der Waals surface area contributed by atoms with Gasteiger partial charge in [0.15, 0.2) is 0 Å². The van der Waals surface area contributed by atoms with Crippen molar-refractivity contribution in [1.82, 2.24) is 32.8 Å². The van der Waals surface area contributed by atoms with Crippen molar-refractivity contribution in [2.45, 2.75) is 57.5 Å². The maximum atomic E-state index is 13.7. The normalized spacial score (nSPS) is 17.1. The molecule has 0 aliphatic carbocycles. The van der Waals surface area contributed by atoms with Gasteiger partial charge in [0.2, 0.25) is 11.8 Å². The lowest BCUT2D eigenvalue weighted by Gasteiger charge is -2.26. The molecule has 10 heteroatoms. The number of likely N-dealkylation sites (tertiary alicyclic amines) is 2. The Bertz CT molecular complexity index is 2200. The van der Waals surface area contributed by atoms with Crippen LogP contribution < -0.4 is 0 Å². The molecule has 2 aliphatic heterocycles. The van der Waals surface area contributed by atoms with E-state index in [1.165, 1.54) is 5.56 Å². The minimum atomic E-state index is -0.00260. The molecular formula is C46H48IN7O2. The first-order chi connectivity index (χ1) is 27.5. The molecule has 286 valence electrons. The van der Waals surface area contributed by atoms with E-state index in [1.807, 2.05) is 48.8 Å². The second-order valence-corrected chi connectivity index (χ2v) is 16.2. The molecule has 9 nitrogen and oxygen atoms in total. The molecule has 6 aromatic rings. The van der Waals surface area contributed by atoms with Gasteiger partial charge >= 0.3 is 0 Å². The van der Waals surface area contributed by atoms with Crippen LogP contribution in [0.2, 0.25) is 0 Å². The summed E-state index contributed by atoms with van der Waals surface area (Å²) < 4.78 is 1.80. The number of carbonyl (C=O) groups excluding carboxylic acids is 2. The summed E-state index contributed by atoms with van der Waals surface area (Å²) in [7, 11) is 0. The zero-order valence-corrected chi connectivity index (χ0v) is 33.8. The van der Waals surface area contributed by atoms with E-state index in [4.69, 9.17) is 4.98 Å². The second kappa shape index (κ2) is 17.8. The van der Waals surface area contributed by atoms with Crippen LogP contribution in [0.25, 0.3) is 33.6 Å². The highest BCUT2D eigenvalue weighted by Crippen LogP contribution is 2.35. The Morgan fingerprint density at radius 2 is 1.34 bits per heavy atom. The molecule has 2 amide bonds. The number of aromatic amines is 2. The zero-order valence-electron chi connectivity index (χ0n) is 31.6. The lowest BCUT2D eigenvalue weighted by atomic mass is 10.0. The highest BCUT2D eigenvalue weighted by atomic mass is 127. The van der Waals surface area contributed by atoms with Gasteiger partial charge < -0.3 is 14.9 Å². The fraction of sp³-hybridized carbons (Fsp3) is 0.304. The summed E-state index contributed by atoms with van der Waals surface area (Å²) in [5.41, 5.74) is 8.76. The number of benzene rings is 4. The number of nitrogens with one attached hydrogen (secondary N) is 2. The van der Waals surface area contributed by atoms with Crippen LogP contribution in [0.4, 0.5) is 0 Å². The third kappa shape index (κ3) is 9.13. The Morgan fingerprint density at radius 1 is 0.714 bits per heavy atom. The third-order valence-electron chi connectivity index (χ3n) is 11.2. The van der Waals surface area contributed by atoms with Crippen LogP contribution in [0, 0.1) is 5.92 Å². The smallest absolute Gasteiger partial charge is 0.235 e. The molecule has 0 saturated carbocycles. The predicted molar refractivity (Wildman–Crippen MR) is 229 cm³/mol. The van der Waals surface area contributed by atoms with Gasteiger partial charge in [0.05, 0.1) is 65.0 Å². The SMILES string of the molecule is O=C(Cc1ccccc1)N(I)CCCCc1ncc(-c2ccc(-c3ccc(-c4cnc([C@@H]5CCCN5C(=O)[C@H]5CCN(Cc6ccccc6)C5)[nH]4)cc3)cc2)[nH]1. The van der Waals surface area contributed by atoms with E-state index < -0.39 is 0 Å².